The number of hydrogen-bond acceptors (Lipinski definition) is 5. The summed E-state index contributed by atoms with van der Waals surface area (Å²) in [7, 11) is -0.0193. The first-order valence-corrected chi connectivity index (χ1v) is 5.07. The zero-order valence-electron chi connectivity index (χ0n) is 9.47. The zero-order valence-corrected chi connectivity index (χ0v) is 9.47. The summed E-state index contributed by atoms with van der Waals surface area (Å²) in [6.07, 6.45) is 0. The first-order valence-electron chi connectivity index (χ1n) is 5.07. The van der Waals surface area contributed by atoms with Gasteiger partial charge in [-0.1, -0.05) is 6.07 Å². The summed E-state index contributed by atoms with van der Waals surface area (Å²) in [5, 5.41) is 20.6. The fourth-order valence-electron chi connectivity index (χ4n) is 1.65. The van der Waals surface area contributed by atoms with E-state index in [9.17, 15) is 15.0 Å². The molecule has 6 nitrogen and oxygen atoms in total. The summed E-state index contributed by atoms with van der Waals surface area (Å²) < 4.78 is 10.4. The van der Waals surface area contributed by atoms with Crippen LogP contribution in [0.5, 0.6) is 11.5 Å². The standard InChI is InChI=1S/C10H11BNO5/c1-6-3-4-7-9(17-11(14)5-16-7)8(6)10(13)12(2)15/h3-4,14H,5H2,1-2H3/q-1. The Kier molecular flexibility index (Phi) is 2.95. The first-order chi connectivity index (χ1) is 8.00. The maximum atomic E-state index is 11.7. The van der Waals surface area contributed by atoms with Crippen molar-refractivity contribution in [2.75, 3.05) is 13.6 Å². The molecule has 1 aliphatic rings. The van der Waals surface area contributed by atoms with Crippen LogP contribution in [0.2, 0.25) is 0 Å². The van der Waals surface area contributed by atoms with Crippen molar-refractivity contribution in [3.63, 3.8) is 0 Å². The molecule has 1 aromatic carbocycles. The smallest absolute Gasteiger partial charge is 0.563 e. The van der Waals surface area contributed by atoms with E-state index in [0.29, 0.717) is 11.3 Å². The van der Waals surface area contributed by atoms with E-state index < -0.39 is 13.0 Å². The van der Waals surface area contributed by atoms with Crippen LogP contribution in [0.3, 0.4) is 0 Å². The van der Waals surface area contributed by atoms with Gasteiger partial charge in [-0.3, -0.25) is 4.79 Å². The molecule has 0 spiro atoms. The summed E-state index contributed by atoms with van der Waals surface area (Å²) in [6, 6.07) is 3.30. The number of fused-ring (bicyclic) bond motifs is 1. The molecule has 0 fully saturated rings. The van der Waals surface area contributed by atoms with Gasteiger partial charge in [-0.2, -0.15) is 0 Å². The second-order valence-electron chi connectivity index (χ2n) is 3.77. The van der Waals surface area contributed by atoms with Crippen LogP contribution in [-0.2, 0) is 0 Å². The number of ether oxygens (including phenoxy) is 1. The fraction of sp³-hybridized carbons (Fsp3) is 0.300. The van der Waals surface area contributed by atoms with E-state index >= 15 is 0 Å². The maximum absolute atomic E-state index is 11.7. The van der Waals surface area contributed by atoms with Crippen molar-refractivity contribution in [3.8, 4) is 11.5 Å². The van der Waals surface area contributed by atoms with Gasteiger partial charge in [0.2, 0.25) is 5.91 Å². The lowest BCUT2D eigenvalue weighted by Gasteiger charge is -2.28. The van der Waals surface area contributed by atoms with Crippen LogP contribution in [0, 0.1) is 12.1 Å². The predicted molar refractivity (Wildman–Crippen MR) is 60.7 cm³/mol. The Morgan fingerprint density at radius 3 is 2.94 bits per heavy atom. The molecule has 0 bridgehead atoms. The van der Waals surface area contributed by atoms with E-state index in [1.54, 1.807) is 19.1 Å². The maximum Gasteiger partial charge on any atom is 0.563 e. The van der Waals surface area contributed by atoms with Gasteiger partial charge in [0.1, 0.15) is 6.51 Å². The van der Waals surface area contributed by atoms with Crippen LogP contribution in [0.15, 0.2) is 12.1 Å². The van der Waals surface area contributed by atoms with Crippen molar-refractivity contribution in [1.29, 1.82) is 0 Å². The Balaban J connectivity index is 2.53. The molecule has 90 valence electrons. The van der Waals surface area contributed by atoms with E-state index in [1.165, 1.54) is 0 Å². The molecule has 0 radical (unpaired) electrons. The highest BCUT2D eigenvalue weighted by molar-refractivity contribution is 6.44. The van der Waals surface area contributed by atoms with E-state index in [2.05, 4.69) is 0 Å². The Hall–Kier alpha value is -1.73. The number of hydroxylamine groups is 2. The zero-order chi connectivity index (χ0) is 12.6. The van der Waals surface area contributed by atoms with Crippen LogP contribution in [-0.4, -0.2) is 36.7 Å². The van der Waals surface area contributed by atoms with Crippen LogP contribution < -0.4 is 9.39 Å². The lowest BCUT2D eigenvalue weighted by Crippen LogP contribution is -2.35. The van der Waals surface area contributed by atoms with E-state index in [0.717, 1.165) is 7.05 Å². The number of carbonyl (C=O) groups is 1. The van der Waals surface area contributed by atoms with Gasteiger partial charge in [0.15, 0.2) is 11.5 Å². The number of amides is 1. The van der Waals surface area contributed by atoms with Crippen molar-refractivity contribution in [1.82, 2.24) is 5.06 Å². The average Bonchev–Trinajstić information content (AvgIpc) is 2.27. The van der Waals surface area contributed by atoms with Crippen molar-refractivity contribution in [2.45, 2.75) is 6.92 Å². The van der Waals surface area contributed by atoms with Gasteiger partial charge in [0, 0.05) is 0 Å². The summed E-state index contributed by atoms with van der Waals surface area (Å²) in [6.45, 7) is 1.68. The number of rotatable bonds is 1. The minimum atomic E-state index is -1.13. The third-order valence-electron chi connectivity index (χ3n) is 2.47. The predicted octanol–water partition coefficient (Wildman–Crippen LogP) is 0.356. The largest absolute Gasteiger partial charge is 0.756 e. The second kappa shape index (κ2) is 4.27. The first kappa shape index (κ1) is 11.8. The van der Waals surface area contributed by atoms with E-state index in [-0.39, 0.29) is 22.9 Å². The topological polar surface area (TPSA) is 82.1 Å². The highest BCUT2D eigenvalue weighted by Gasteiger charge is 2.30. The number of carbonyl (C=O) groups excluding carboxylic acids is 1. The SMILES string of the molecule is Cc1ccc2c(c1C(=O)N(C)[O-])OB(O)CO2. The van der Waals surface area contributed by atoms with Crippen molar-refractivity contribution < 1.29 is 19.2 Å². The Bertz CT molecular complexity index is 462. The molecule has 0 unspecified atom stereocenters. The summed E-state index contributed by atoms with van der Waals surface area (Å²) in [4.78, 5) is 11.7. The highest BCUT2D eigenvalue weighted by Crippen LogP contribution is 2.36. The highest BCUT2D eigenvalue weighted by atomic mass is 16.6. The molecule has 0 aromatic heterocycles. The van der Waals surface area contributed by atoms with Gasteiger partial charge in [0.25, 0.3) is 0 Å². The van der Waals surface area contributed by atoms with Gasteiger partial charge >= 0.3 is 7.12 Å². The third kappa shape index (κ3) is 2.06. The van der Waals surface area contributed by atoms with Gasteiger partial charge in [-0.25, -0.2) is 0 Å². The van der Waals surface area contributed by atoms with Crippen molar-refractivity contribution >= 4 is 13.0 Å². The molecule has 0 saturated heterocycles. The Labute approximate surface area is 98.5 Å². The molecule has 1 amide bonds. The Morgan fingerprint density at radius 2 is 2.29 bits per heavy atom. The van der Waals surface area contributed by atoms with E-state index in [1.807, 2.05) is 0 Å². The van der Waals surface area contributed by atoms with Gasteiger partial charge in [-0.15, -0.1) is 0 Å². The summed E-state index contributed by atoms with van der Waals surface area (Å²) in [5.41, 5.74) is 0.716. The third-order valence-corrected chi connectivity index (χ3v) is 2.47. The number of benzene rings is 1. The van der Waals surface area contributed by atoms with Crippen LogP contribution in [0.4, 0.5) is 0 Å². The van der Waals surface area contributed by atoms with Crippen molar-refractivity contribution in [3.05, 3.63) is 28.5 Å². The molecule has 1 aliphatic heterocycles. The summed E-state index contributed by atoms with van der Waals surface area (Å²) >= 11 is 0. The fourth-order valence-corrected chi connectivity index (χ4v) is 1.65. The lowest BCUT2D eigenvalue weighted by atomic mass is 9.90. The molecular weight excluding hydrogens is 225 g/mol. The van der Waals surface area contributed by atoms with Gasteiger partial charge in [-0.05, 0) is 25.6 Å². The molecule has 2 rings (SSSR count). The van der Waals surface area contributed by atoms with Crippen LogP contribution >= 0.6 is 0 Å². The molecule has 1 heterocycles. The van der Waals surface area contributed by atoms with Crippen molar-refractivity contribution in [2.24, 2.45) is 0 Å². The molecule has 0 atom stereocenters. The second-order valence-corrected chi connectivity index (χ2v) is 3.77. The monoisotopic (exact) mass is 236 g/mol. The van der Waals surface area contributed by atoms with Crippen LogP contribution in [0.1, 0.15) is 15.9 Å². The number of hydrogen-bond donors (Lipinski definition) is 1. The molecule has 17 heavy (non-hydrogen) atoms. The molecule has 0 saturated carbocycles. The van der Waals surface area contributed by atoms with Gasteiger partial charge in [0.05, 0.1) is 5.56 Å². The minimum Gasteiger partial charge on any atom is -0.756 e. The average molecular weight is 236 g/mol. The normalized spacial score (nSPS) is 13.5. The minimum absolute atomic E-state index is 0.00307. The van der Waals surface area contributed by atoms with Crippen LogP contribution in [0.25, 0.3) is 0 Å². The molecular formula is C10H11BNO5-. The molecule has 0 aliphatic carbocycles. The van der Waals surface area contributed by atoms with E-state index in [4.69, 9.17) is 9.39 Å². The lowest BCUT2D eigenvalue weighted by molar-refractivity contribution is 0.0846. The van der Waals surface area contributed by atoms with Gasteiger partial charge < -0.3 is 24.7 Å². The molecule has 1 N–H and O–H groups in total. The number of nitrogens with zero attached hydrogens (tertiary/aromatic N) is 1. The molecule has 7 heteroatoms. The number of aryl methyl sites for hydroxylation is 1. The molecule has 1 aromatic rings. The quantitative estimate of drug-likeness (QED) is 0.562. The summed E-state index contributed by atoms with van der Waals surface area (Å²) in [5.74, 6) is -0.250. The Morgan fingerprint density at radius 1 is 1.59 bits per heavy atom.